The number of carbonyl (C=O) groups is 1. The topological polar surface area (TPSA) is 42.0 Å². The van der Waals surface area contributed by atoms with E-state index in [0.717, 1.165) is 24.3 Å². The van der Waals surface area contributed by atoms with Gasteiger partial charge in [-0.25, -0.2) is 0 Å². The van der Waals surface area contributed by atoms with Gasteiger partial charge in [0.1, 0.15) is 0 Å². The second kappa shape index (κ2) is 9.36. The average molecular weight is 328 g/mol. The van der Waals surface area contributed by atoms with Gasteiger partial charge in [-0.1, -0.05) is 32.8 Å². The van der Waals surface area contributed by atoms with Crippen LogP contribution in [0.15, 0.2) is 53.7 Å². The van der Waals surface area contributed by atoms with Gasteiger partial charge in [0.25, 0.3) is 0 Å². The molecule has 1 amide bonds. The van der Waals surface area contributed by atoms with Gasteiger partial charge in [-0.05, 0) is 41.8 Å². The molecule has 1 atom stereocenters. The summed E-state index contributed by atoms with van der Waals surface area (Å²) >= 11 is 1.77. The predicted molar refractivity (Wildman–Crippen MR) is 97.6 cm³/mol. The van der Waals surface area contributed by atoms with E-state index in [9.17, 15) is 4.79 Å². The highest BCUT2D eigenvalue weighted by atomic mass is 32.2. The Morgan fingerprint density at radius 3 is 2.70 bits per heavy atom. The van der Waals surface area contributed by atoms with Crippen LogP contribution in [0.1, 0.15) is 38.7 Å². The van der Waals surface area contributed by atoms with Gasteiger partial charge in [0.05, 0.1) is 0 Å². The zero-order valence-corrected chi connectivity index (χ0v) is 14.6. The number of thioether (sulfide) groups is 1. The highest BCUT2D eigenvalue weighted by molar-refractivity contribution is 7.98. The van der Waals surface area contributed by atoms with Crippen LogP contribution in [0.2, 0.25) is 0 Å². The first kappa shape index (κ1) is 17.5. The van der Waals surface area contributed by atoms with E-state index in [1.165, 1.54) is 10.5 Å². The van der Waals surface area contributed by atoms with Crippen molar-refractivity contribution in [3.63, 3.8) is 0 Å². The van der Waals surface area contributed by atoms with Crippen molar-refractivity contribution in [2.45, 2.75) is 43.8 Å². The Bertz CT molecular complexity index is 599. The molecule has 1 unspecified atom stereocenters. The highest BCUT2D eigenvalue weighted by Gasteiger charge is 2.08. The maximum absolute atomic E-state index is 12.0. The van der Waals surface area contributed by atoms with E-state index in [4.69, 9.17) is 0 Å². The van der Waals surface area contributed by atoms with E-state index in [1.54, 1.807) is 18.0 Å². The number of aromatic nitrogens is 1. The molecule has 23 heavy (non-hydrogen) atoms. The van der Waals surface area contributed by atoms with Crippen LogP contribution in [-0.4, -0.2) is 10.9 Å². The summed E-state index contributed by atoms with van der Waals surface area (Å²) in [4.78, 5) is 17.3. The standard InChI is InChI=1S/C19H24N2OS/c1-3-5-15(2)12-19(22)21-17-7-9-18(10-8-17)23-14-16-6-4-11-20-13-16/h4,6-11,13,15H,3,5,12,14H2,1-2H3,(H,21,22). The lowest BCUT2D eigenvalue weighted by molar-refractivity contribution is -0.117. The van der Waals surface area contributed by atoms with Gasteiger partial charge in [-0.15, -0.1) is 11.8 Å². The van der Waals surface area contributed by atoms with E-state index >= 15 is 0 Å². The Kier molecular flexibility index (Phi) is 7.14. The number of benzene rings is 1. The molecular weight excluding hydrogens is 304 g/mol. The first-order chi connectivity index (χ1) is 11.2. The first-order valence-electron chi connectivity index (χ1n) is 8.09. The molecule has 1 aromatic heterocycles. The van der Waals surface area contributed by atoms with Gasteiger partial charge in [-0.2, -0.15) is 0 Å². The molecule has 4 heteroatoms. The SMILES string of the molecule is CCCC(C)CC(=O)Nc1ccc(SCc2cccnc2)cc1. The van der Waals surface area contributed by atoms with E-state index in [0.29, 0.717) is 12.3 Å². The Balaban J connectivity index is 1.81. The maximum Gasteiger partial charge on any atom is 0.224 e. The summed E-state index contributed by atoms with van der Waals surface area (Å²) in [7, 11) is 0. The Labute approximate surface area is 142 Å². The molecule has 3 nitrogen and oxygen atoms in total. The second-order valence-electron chi connectivity index (χ2n) is 5.82. The van der Waals surface area contributed by atoms with Crippen LogP contribution in [0.4, 0.5) is 5.69 Å². The molecule has 0 saturated heterocycles. The summed E-state index contributed by atoms with van der Waals surface area (Å²) in [5.41, 5.74) is 2.07. The summed E-state index contributed by atoms with van der Waals surface area (Å²) in [6.07, 6.45) is 6.48. The molecule has 0 fully saturated rings. The van der Waals surface area contributed by atoms with Crippen molar-refractivity contribution in [1.29, 1.82) is 0 Å². The number of rotatable bonds is 8. The number of nitrogens with one attached hydrogen (secondary N) is 1. The second-order valence-corrected chi connectivity index (χ2v) is 6.87. The smallest absolute Gasteiger partial charge is 0.224 e. The number of nitrogens with zero attached hydrogens (tertiary/aromatic N) is 1. The fraction of sp³-hybridized carbons (Fsp3) is 0.368. The van der Waals surface area contributed by atoms with E-state index in [-0.39, 0.29) is 5.91 Å². The van der Waals surface area contributed by atoms with E-state index in [1.807, 2.05) is 36.5 Å². The number of anilines is 1. The van der Waals surface area contributed by atoms with Crippen LogP contribution < -0.4 is 5.32 Å². The fourth-order valence-electron chi connectivity index (χ4n) is 2.41. The summed E-state index contributed by atoms with van der Waals surface area (Å²) in [5.74, 6) is 1.43. The lowest BCUT2D eigenvalue weighted by atomic mass is 10.0. The van der Waals surface area contributed by atoms with Crippen molar-refractivity contribution >= 4 is 23.4 Å². The molecule has 0 spiro atoms. The van der Waals surface area contributed by atoms with Crippen LogP contribution in [0.5, 0.6) is 0 Å². The highest BCUT2D eigenvalue weighted by Crippen LogP contribution is 2.24. The fourth-order valence-corrected chi connectivity index (χ4v) is 3.24. The molecule has 0 aliphatic heterocycles. The number of hydrogen-bond acceptors (Lipinski definition) is 3. The van der Waals surface area contributed by atoms with Crippen molar-refractivity contribution in [2.24, 2.45) is 5.92 Å². The summed E-state index contributed by atoms with van der Waals surface area (Å²) in [5, 5.41) is 2.97. The summed E-state index contributed by atoms with van der Waals surface area (Å²) in [6.45, 7) is 4.28. The van der Waals surface area contributed by atoms with Crippen molar-refractivity contribution in [3.05, 3.63) is 54.4 Å². The number of hydrogen-bond donors (Lipinski definition) is 1. The largest absolute Gasteiger partial charge is 0.326 e. The monoisotopic (exact) mass is 328 g/mol. The van der Waals surface area contributed by atoms with Gasteiger partial charge in [0.2, 0.25) is 5.91 Å². The van der Waals surface area contributed by atoms with Crippen LogP contribution in [-0.2, 0) is 10.5 Å². The van der Waals surface area contributed by atoms with Gasteiger partial charge >= 0.3 is 0 Å². The quantitative estimate of drug-likeness (QED) is 0.682. The zero-order valence-electron chi connectivity index (χ0n) is 13.8. The van der Waals surface area contributed by atoms with Crippen molar-refractivity contribution in [2.75, 3.05) is 5.32 Å². The molecule has 0 aliphatic rings. The Morgan fingerprint density at radius 2 is 2.04 bits per heavy atom. The van der Waals surface area contributed by atoms with Crippen LogP contribution >= 0.6 is 11.8 Å². The first-order valence-corrected chi connectivity index (χ1v) is 9.07. The van der Waals surface area contributed by atoms with E-state index in [2.05, 4.69) is 30.2 Å². The summed E-state index contributed by atoms with van der Waals surface area (Å²) in [6, 6.07) is 12.1. The molecule has 0 radical (unpaired) electrons. The predicted octanol–water partition coefficient (Wildman–Crippen LogP) is 5.14. The van der Waals surface area contributed by atoms with Crippen LogP contribution in [0, 0.1) is 5.92 Å². The number of pyridine rings is 1. The minimum Gasteiger partial charge on any atom is -0.326 e. The third-order valence-electron chi connectivity index (χ3n) is 3.58. The van der Waals surface area contributed by atoms with Gasteiger partial charge in [0.15, 0.2) is 0 Å². The molecule has 0 bridgehead atoms. The van der Waals surface area contributed by atoms with Crippen LogP contribution in [0.25, 0.3) is 0 Å². The lowest BCUT2D eigenvalue weighted by Crippen LogP contribution is -2.14. The minimum atomic E-state index is 0.0988. The van der Waals surface area contributed by atoms with E-state index < -0.39 is 0 Å². The molecule has 0 saturated carbocycles. The molecule has 2 rings (SSSR count). The third kappa shape index (κ3) is 6.45. The molecule has 1 heterocycles. The number of amides is 1. The molecule has 1 N–H and O–H groups in total. The maximum atomic E-state index is 12.0. The average Bonchev–Trinajstić information content (AvgIpc) is 2.55. The molecule has 0 aliphatic carbocycles. The van der Waals surface area contributed by atoms with Gasteiger partial charge < -0.3 is 5.32 Å². The van der Waals surface area contributed by atoms with Gasteiger partial charge in [0, 0.05) is 35.2 Å². The third-order valence-corrected chi connectivity index (χ3v) is 4.66. The Hall–Kier alpha value is -1.81. The summed E-state index contributed by atoms with van der Waals surface area (Å²) < 4.78 is 0. The van der Waals surface area contributed by atoms with Crippen molar-refractivity contribution in [3.8, 4) is 0 Å². The zero-order chi connectivity index (χ0) is 16.5. The van der Waals surface area contributed by atoms with Gasteiger partial charge in [-0.3, -0.25) is 9.78 Å². The van der Waals surface area contributed by atoms with Crippen molar-refractivity contribution < 1.29 is 4.79 Å². The lowest BCUT2D eigenvalue weighted by Gasteiger charge is -2.10. The number of carbonyl (C=O) groups excluding carboxylic acids is 1. The van der Waals surface area contributed by atoms with Crippen LogP contribution in [0.3, 0.4) is 0 Å². The Morgan fingerprint density at radius 1 is 1.26 bits per heavy atom. The minimum absolute atomic E-state index is 0.0988. The normalized spacial score (nSPS) is 11.9. The molecule has 2 aromatic rings. The molecule has 122 valence electrons. The van der Waals surface area contributed by atoms with Crippen molar-refractivity contribution in [1.82, 2.24) is 4.98 Å². The molecule has 1 aromatic carbocycles. The molecular formula is C19H24N2OS.